The van der Waals surface area contributed by atoms with Crippen LogP contribution in [0.25, 0.3) is 11.4 Å². The van der Waals surface area contributed by atoms with Crippen molar-refractivity contribution in [3.05, 3.63) is 59.7 Å². The summed E-state index contributed by atoms with van der Waals surface area (Å²) in [6, 6.07) is 14.9. The third-order valence-electron chi connectivity index (χ3n) is 4.01. The van der Waals surface area contributed by atoms with Crippen molar-refractivity contribution >= 4 is 5.91 Å². The van der Waals surface area contributed by atoms with Crippen molar-refractivity contribution in [1.29, 1.82) is 0 Å². The Morgan fingerprint density at radius 3 is 2.79 bits per heavy atom. The largest absolute Gasteiger partial charge is 0.493 e. The van der Waals surface area contributed by atoms with Crippen LogP contribution in [0.3, 0.4) is 0 Å². The van der Waals surface area contributed by atoms with Gasteiger partial charge in [0.25, 0.3) is 5.91 Å². The highest BCUT2D eigenvalue weighted by Crippen LogP contribution is 2.31. The van der Waals surface area contributed by atoms with E-state index < -0.39 is 0 Å². The Bertz CT molecular complexity index is 846. The van der Waals surface area contributed by atoms with Crippen LogP contribution in [-0.2, 0) is 0 Å². The monoisotopic (exact) mass is 321 g/mol. The smallest absolute Gasteiger partial charge is 0.251 e. The fraction of sp³-hybridized carbons (Fsp3) is 0.176. The number of amides is 1. The summed E-state index contributed by atoms with van der Waals surface area (Å²) in [4.78, 5) is 12.5. The zero-order valence-electron chi connectivity index (χ0n) is 12.8. The van der Waals surface area contributed by atoms with Gasteiger partial charge in [-0.15, -0.1) is 10.2 Å². The maximum absolute atomic E-state index is 12.5. The van der Waals surface area contributed by atoms with Crippen molar-refractivity contribution in [3.8, 4) is 17.1 Å². The Kier molecular flexibility index (Phi) is 3.66. The molecule has 1 aliphatic heterocycles. The van der Waals surface area contributed by atoms with E-state index in [0.29, 0.717) is 18.0 Å². The first-order valence-electron chi connectivity index (χ1n) is 7.68. The van der Waals surface area contributed by atoms with Gasteiger partial charge in [-0.3, -0.25) is 4.79 Å². The van der Waals surface area contributed by atoms with E-state index in [1.165, 1.54) is 0 Å². The van der Waals surface area contributed by atoms with Gasteiger partial charge in [-0.2, -0.15) is 5.21 Å². The first-order chi connectivity index (χ1) is 11.8. The first kappa shape index (κ1) is 14.4. The minimum atomic E-state index is -0.114. The van der Waals surface area contributed by atoms with Crippen LogP contribution in [0, 0.1) is 0 Å². The third-order valence-corrected chi connectivity index (χ3v) is 4.01. The molecule has 3 aromatic rings. The van der Waals surface area contributed by atoms with E-state index in [1.807, 2.05) is 24.3 Å². The molecule has 1 aromatic heterocycles. The fourth-order valence-corrected chi connectivity index (χ4v) is 2.79. The molecule has 1 unspecified atom stereocenters. The molecule has 0 bridgehead atoms. The Hall–Kier alpha value is -3.22. The molecule has 1 atom stereocenters. The van der Waals surface area contributed by atoms with Crippen molar-refractivity contribution < 1.29 is 9.53 Å². The van der Waals surface area contributed by atoms with Gasteiger partial charge in [-0.1, -0.05) is 30.3 Å². The van der Waals surface area contributed by atoms with Crippen LogP contribution in [0.1, 0.15) is 28.4 Å². The van der Waals surface area contributed by atoms with Crippen molar-refractivity contribution in [1.82, 2.24) is 25.9 Å². The quantitative estimate of drug-likeness (QED) is 0.771. The summed E-state index contributed by atoms with van der Waals surface area (Å²) >= 11 is 0. The number of tetrazole rings is 1. The maximum Gasteiger partial charge on any atom is 0.251 e. The number of hydrogen-bond donors (Lipinski definition) is 2. The van der Waals surface area contributed by atoms with Crippen molar-refractivity contribution in [2.45, 2.75) is 12.5 Å². The van der Waals surface area contributed by atoms with Gasteiger partial charge in [0.05, 0.1) is 12.6 Å². The normalized spacial score (nSPS) is 16.1. The molecule has 7 heteroatoms. The lowest BCUT2D eigenvalue weighted by Crippen LogP contribution is -2.32. The van der Waals surface area contributed by atoms with Crippen molar-refractivity contribution in [2.75, 3.05) is 6.61 Å². The number of aromatic nitrogens is 4. The van der Waals surface area contributed by atoms with Crippen LogP contribution in [0.15, 0.2) is 48.5 Å². The molecule has 120 valence electrons. The molecule has 2 N–H and O–H groups in total. The van der Waals surface area contributed by atoms with Crippen LogP contribution in [-0.4, -0.2) is 33.1 Å². The number of aromatic amines is 1. The molecule has 7 nitrogen and oxygen atoms in total. The molecule has 2 heterocycles. The van der Waals surface area contributed by atoms with Crippen LogP contribution in [0.4, 0.5) is 0 Å². The number of H-pyrrole nitrogens is 1. The summed E-state index contributed by atoms with van der Waals surface area (Å²) in [6.45, 7) is 0.596. The van der Waals surface area contributed by atoms with Crippen molar-refractivity contribution in [2.24, 2.45) is 0 Å². The molecule has 24 heavy (non-hydrogen) atoms. The van der Waals surface area contributed by atoms with E-state index in [1.54, 1.807) is 24.3 Å². The van der Waals surface area contributed by atoms with Crippen LogP contribution in [0.5, 0.6) is 5.75 Å². The van der Waals surface area contributed by atoms with E-state index in [9.17, 15) is 4.79 Å². The van der Waals surface area contributed by atoms with Gasteiger partial charge in [-0.25, -0.2) is 0 Å². The van der Waals surface area contributed by atoms with E-state index in [0.717, 1.165) is 23.3 Å². The Morgan fingerprint density at radius 1 is 1.17 bits per heavy atom. The predicted octanol–water partition coefficient (Wildman–Crippen LogP) is 2.12. The summed E-state index contributed by atoms with van der Waals surface area (Å²) in [5, 5.41) is 16.8. The number of ether oxygens (including phenoxy) is 1. The van der Waals surface area contributed by atoms with Gasteiger partial charge in [-0.05, 0) is 23.4 Å². The van der Waals surface area contributed by atoms with Crippen LogP contribution < -0.4 is 10.1 Å². The number of fused-ring (bicyclic) bond motifs is 1. The van der Waals surface area contributed by atoms with Gasteiger partial charge < -0.3 is 10.1 Å². The van der Waals surface area contributed by atoms with Crippen molar-refractivity contribution in [3.63, 3.8) is 0 Å². The summed E-state index contributed by atoms with van der Waals surface area (Å²) < 4.78 is 5.62. The highest BCUT2D eigenvalue weighted by Gasteiger charge is 2.23. The molecular weight excluding hydrogens is 306 g/mol. The van der Waals surface area contributed by atoms with E-state index >= 15 is 0 Å². The molecule has 0 aliphatic carbocycles. The van der Waals surface area contributed by atoms with Gasteiger partial charge in [0.2, 0.25) is 5.82 Å². The lowest BCUT2D eigenvalue weighted by Gasteiger charge is -2.26. The molecule has 0 fully saturated rings. The van der Waals surface area contributed by atoms with Gasteiger partial charge in [0.1, 0.15) is 5.75 Å². The number of hydrogen-bond acceptors (Lipinski definition) is 5. The standard InChI is InChI=1S/C17H15N5O2/c23-17(12-7-5-11(6-8-12)16-19-21-22-20-16)18-14-9-10-24-15-4-2-1-3-13(14)15/h1-8,14H,9-10H2,(H,18,23)(H,19,20,21,22). The lowest BCUT2D eigenvalue weighted by atomic mass is 10.00. The van der Waals surface area contributed by atoms with E-state index in [2.05, 4.69) is 25.9 Å². The summed E-state index contributed by atoms with van der Waals surface area (Å²) in [6.07, 6.45) is 0.754. The summed E-state index contributed by atoms with van der Waals surface area (Å²) in [7, 11) is 0. The number of nitrogens with zero attached hydrogens (tertiary/aromatic N) is 3. The average Bonchev–Trinajstić information content (AvgIpc) is 3.17. The SMILES string of the molecule is O=C(NC1CCOc2ccccc21)c1ccc(-c2nn[nH]n2)cc1. The average molecular weight is 321 g/mol. The Balaban J connectivity index is 1.51. The zero-order chi connectivity index (χ0) is 16.4. The van der Waals surface area contributed by atoms with Gasteiger partial charge in [0.15, 0.2) is 0 Å². The minimum absolute atomic E-state index is 0.0423. The number of rotatable bonds is 3. The number of para-hydroxylation sites is 1. The molecule has 1 aliphatic rings. The van der Waals surface area contributed by atoms with Gasteiger partial charge in [0, 0.05) is 23.1 Å². The third kappa shape index (κ3) is 2.71. The summed E-state index contributed by atoms with van der Waals surface area (Å²) in [5.41, 5.74) is 2.41. The number of carbonyl (C=O) groups is 1. The Morgan fingerprint density at radius 2 is 2.00 bits per heavy atom. The molecule has 4 rings (SSSR count). The van der Waals surface area contributed by atoms with E-state index in [-0.39, 0.29) is 11.9 Å². The minimum Gasteiger partial charge on any atom is -0.493 e. The second kappa shape index (κ2) is 6.11. The lowest BCUT2D eigenvalue weighted by molar-refractivity contribution is 0.0925. The zero-order valence-corrected chi connectivity index (χ0v) is 12.8. The topological polar surface area (TPSA) is 92.8 Å². The number of nitrogens with one attached hydrogen (secondary N) is 2. The first-order valence-corrected chi connectivity index (χ1v) is 7.68. The number of carbonyl (C=O) groups excluding carboxylic acids is 1. The van der Waals surface area contributed by atoms with Crippen LogP contribution in [0.2, 0.25) is 0 Å². The molecular formula is C17H15N5O2. The molecule has 1 amide bonds. The van der Waals surface area contributed by atoms with Gasteiger partial charge >= 0.3 is 0 Å². The second-order valence-corrected chi connectivity index (χ2v) is 5.51. The molecule has 2 aromatic carbocycles. The predicted molar refractivity (Wildman–Crippen MR) is 86.4 cm³/mol. The highest BCUT2D eigenvalue weighted by molar-refractivity contribution is 5.94. The highest BCUT2D eigenvalue weighted by atomic mass is 16.5. The maximum atomic E-state index is 12.5. The number of benzene rings is 2. The molecule has 0 radical (unpaired) electrons. The molecule has 0 saturated carbocycles. The second-order valence-electron chi connectivity index (χ2n) is 5.51. The Labute approximate surface area is 138 Å². The summed E-state index contributed by atoms with van der Waals surface area (Å²) in [5.74, 6) is 1.22. The molecule has 0 saturated heterocycles. The fourth-order valence-electron chi connectivity index (χ4n) is 2.79. The van der Waals surface area contributed by atoms with E-state index in [4.69, 9.17) is 4.74 Å². The van der Waals surface area contributed by atoms with Crippen LogP contribution >= 0.6 is 0 Å². The molecule has 0 spiro atoms.